The maximum absolute atomic E-state index is 12.8. The molecule has 0 radical (unpaired) electrons. The largest absolute Gasteiger partial charge is 0.493 e. The number of nitrogens with one attached hydrogen (secondary N) is 1. The van der Waals surface area contributed by atoms with Crippen molar-refractivity contribution < 1.29 is 22.7 Å². The van der Waals surface area contributed by atoms with Gasteiger partial charge in [-0.3, -0.25) is 4.79 Å². The van der Waals surface area contributed by atoms with Gasteiger partial charge >= 0.3 is 0 Å². The number of carbonyl (C=O) groups is 1. The van der Waals surface area contributed by atoms with E-state index in [1.54, 1.807) is 6.07 Å². The zero-order valence-electron chi connectivity index (χ0n) is 16.4. The summed E-state index contributed by atoms with van der Waals surface area (Å²) < 4.78 is 37.0. The molecule has 0 atom stereocenters. The lowest BCUT2D eigenvalue weighted by Crippen LogP contribution is -2.35. The van der Waals surface area contributed by atoms with E-state index in [4.69, 9.17) is 9.47 Å². The molecule has 0 saturated carbocycles. The molecule has 0 unspecified atom stereocenters. The van der Waals surface area contributed by atoms with Crippen LogP contribution in [-0.2, 0) is 14.8 Å². The molecular weight excluding hydrogens is 392 g/mol. The molecule has 0 fully saturated rings. The van der Waals surface area contributed by atoms with E-state index in [2.05, 4.69) is 5.32 Å². The highest BCUT2D eigenvalue weighted by Gasteiger charge is 2.24. The Labute approximate surface area is 169 Å². The molecule has 0 aromatic heterocycles. The molecule has 152 valence electrons. The quantitative estimate of drug-likeness (QED) is 0.642. The minimum Gasteiger partial charge on any atom is -0.493 e. The summed E-state index contributed by atoms with van der Waals surface area (Å²) >= 11 is 0. The lowest BCUT2D eigenvalue weighted by molar-refractivity contribution is -0.116. The molecule has 0 spiro atoms. The molecule has 0 saturated heterocycles. The van der Waals surface area contributed by atoms with E-state index < -0.39 is 15.9 Å². The minimum atomic E-state index is -3.89. The third-order valence-corrected chi connectivity index (χ3v) is 6.29. The molecule has 0 heterocycles. The summed E-state index contributed by atoms with van der Waals surface area (Å²) in [5, 5.41) is 4.66. The third-order valence-electron chi connectivity index (χ3n) is 4.49. The van der Waals surface area contributed by atoms with Crippen LogP contribution in [0.4, 0.5) is 5.69 Å². The fraction of sp³-hybridized carbons (Fsp3) is 0.190. The van der Waals surface area contributed by atoms with Crippen LogP contribution in [0.2, 0.25) is 0 Å². The number of ether oxygens (including phenoxy) is 2. The van der Waals surface area contributed by atoms with Gasteiger partial charge in [0.2, 0.25) is 15.9 Å². The van der Waals surface area contributed by atoms with Gasteiger partial charge in [-0.05, 0) is 23.6 Å². The van der Waals surface area contributed by atoms with E-state index in [1.807, 2.05) is 36.4 Å². The molecule has 29 heavy (non-hydrogen) atoms. The summed E-state index contributed by atoms with van der Waals surface area (Å²) in [6, 6.07) is 17.5. The van der Waals surface area contributed by atoms with Gasteiger partial charge in [-0.2, -0.15) is 4.31 Å². The van der Waals surface area contributed by atoms with Crippen molar-refractivity contribution in [1.82, 2.24) is 4.31 Å². The smallest absolute Gasteiger partial charge is 0.243 e. The van der Waals surface area contributed by atoms with Crippen LogP contribution < -0.4 is 14.8 Å². The number of anilines is 1. The van der Waals surface area contributed by atoms with Crippen molar-refractivity contribution in [2.45, 2.75) is 4.90 Å². The van der Waals surface area contributed by atoms with E-state index in [0.717, 1.165) is 15.1 Å². The monoisotopic (exact) mass is 414 g/mol. The molecule has 0 bridgehead atoms. The number of fused-ring (bicyclic) bond motifs is 1. The fourth-order valence-electron chi connectivity index (χ4n) is 2.97. The number of hydrogen-bond donors (Lipinski definition) is 1. The van der Waals surface area contributed by atoms with Crippen LogP contribution >= 0.6 is 0 Å². The molecule has 1 N–H and O–H groups in total. The molecule has 3 aromatic rings. The van der Waals surface area contributed by atoms with Crippen LogP contribution in [0.15, 0.2) is 65.6 Å². The van der Waals surface area contributed by atoms with E-state index in [-0.39, 0.29) is 11.4 Å². The van der Waals surface area contributed by atoms with Crippen molar-refractivity contribution in [3.63, 3.8) is 0 Å². The van der Waals surface area contributed by atoms with Gasteiger partial charge in [-0.1, -0.05) is 36.4 Å². The van der Waals surface area contributed by atoms with Gasteiger partial charge in [0.05, 0.1) is 25.7 Å². The first-order chi connectivity index (χ1) is 13.9. The Bertz CT molecular complexity index is 1140. The molecular formula is C21H22N2O5S. The van der Waals surface area contributed by atoms with Crippen LogP contribution in [-0.4, -0.2) is 46.4 Å². The van der Waals surface area contributed by atoms with Crippen LogP contribution in [0.25, 0.3) is 10.8 Å². The number of methoxy groups -OCH3 is 2. The second-order valence-electron chi connectivity index (χ2n) is 6.35. The fourth-order valence-corrected chi connectivity index (χ4v) is 4.11. The molecule has 1 amide bonds. The minimum absolute atomic E-state index is 0.00982. The second-order valence-corrected chi connectivity index (χ2v) is 8.40. The molecule has 0 aliphatic rings. The van der Waals surface area contributed by atoms with Crippen LogP contribution in [0, 0.1) is 0 Å². The highest BCUT2D eigenvalue weighted by Crippen LogP contribution is 2.30. The number of carbonyl (C=O) groups excluding carboxylic acids is 1. The standard InChI is InChI=1S/C21H22N2O5S/c1-23(29(25,26)16-11-12-19(27-2)20(13-16)28-3)14-21(24)22-18-10-6-8-15-7-4-5-9-17(15)18/h4-13H,14H2,1-3H3,(H,22,24). The number of hydrogen-bond acceptors (Lipinski definition) is 5. The zero-order valence-corrected chi connectivity index (χ0v) is 17.2. The van der Waals surface area contributed by atoms with Gasteiger partial charge in [0, 0.05) is 24.2 Å². The molecule has 3 rings (SSSR count). The SMILES string of the molecule is COc1ccc(S(=O)(=O)N(C)CC(=O)Nc2cccc3ccccc23)cc1OC. The van der Waals surface area contributed by atoms with E-state index in [0.29, 0.717) is 17.2 Å². The zero-order chi connectivity index (χ0) is 21.0. The molecule has 7 nitrogen and oxygen atoms in total. The van der Waals surface area contributed by atoms with Crippen molar-refractivity contribution in [3.8, 4) is 11.5 Å². The molecule has 0 aliphatic carbocycles. The van der Waals surface area contributed by atoms with Crippen LogP contribution in [0.1, 0.15) is 0 Å². The summed E-state index contributed by atoms with van der Waals surface area (Å²) in [6.07, 6.45) is 0. The summed E-state index contributed by atoms with van der Waals surface area (Å²) in [5.41, 5.74) is 0.630. The number of nitrogens with zero attached hydrogens (tertiary/aromatic N) is 1. The number of rotatable bonds is 7. The Hall–Kier alpha value is -3.10. The highest BCUT2D eigenvalue weighted by molar-refractivity contribution is 7.89. The first kappa shape index (κ1) is 20.6. The third kappa shape index (κ3) is 4.33. The maximum Gasteiger partial charge on any atom is 0.243 e. The van der Waals surface area contributed by atoms with Gasteiger partial charge in [0.25, 0.3) is 0 Å². The van der Waals surface area contributed by atoms with Crippen molar-refractivity contribution in [2.24, 2.45) is 0 Å². The van der Waals surface area contributed by atoms with Crippen molar-refractivity contribution in [1.29, 1.82) is 0 Å². The Morgan fingerprint density at radius 2 is 1.66 bits per heavy atom. The highest BCUT2D eigenvalue weighted by atomic mass is 32.2. The van der Waals surface area contributed by atoms with Crippen molar-refractivity contribution in [2.75, 3.05) is 33.1 Å². The predicted molar refractivity (Wildman–Crippen MR) is 112 cm³/mol. The number of likely N-dealkylation sites (N-methyl/N-ethyl adjacent to an activating group) is 1. The molecule has 8 heteroatoms. The number of benzene rings is 3. The summed E-state index contributed by atoms with van der Waals surface area (Å²) in [6.45, 7) is -0.333. The Kier molecular flexibility index (Phi) is 6.05. The second kappa shape index (κ2) is 8.50. The van der Waals surface area contributed by atoms with Crippen LogP contribution in [0.5, 0.6) is 11.5 Å². The number of amides is 1. The maximum atomic E-state index is 12.8. The van der Waals surface area contributed by atoms with E-state index >= 15 is 0 Å². The average molecular weight is 414 g/mol. The van der Waals surface area contributed by atoms with Crippen molar-refractivity contribution in [3.05, 3.63) is 60.7 Å². The van der Waals surface area contributed by atoms with Crippen LogP contribution in [0.3, 0.4) is 0 Å². The molecule has 3 aromatic carbocycles. The Balaban J connectivity index is 1.78. The number of sulfonamides is 1. The predicted octanol–water partition coefficient (Wildman–Crippen LogP) is 3.12. The molecule has 0 aliphatic heterocycles. The summed E-state index contributed by atoms with van der Waals surface area (Å²) in [5.74, 6) is 0.276. The van der Waals surface area contributed by atoms with E-state index in [1.165, 1.54) is 39.5 Å². The first-order valence-corrected chi connectivity index (χ1v) is 10.3. The Morgan fingerprint density at radius 3 is 2.38 bits per heavy atom. The van der Waals surface area contributed by atoms with Crippen molar-refractivity contribution >= 4 is 32.4 Å². The average Bonchev–Trinajstić information content (AvgIpc) is 2.73. The van der Waals surface area contributed by atoms with Gasteiger partial charge in [-0.15, -0.1) is 0 Å². The lowest BCUT2D eigenvalue weighted by atomic mass is 10.1. The van der Waals surface area contributed by atoms with Gasteiger partial charge < -0.3 is 14.8 Å². The normalized spacial score (nSPS) is 11.4. The van der Waals surface area contributed by atoms with Gasteiger partial charge in [0.1, 0.15) is 0 Å². The first-order valence-electron chi connectivity index (χ1n) is 8.83. The summed E-state index contributed by atoms with van der Waals surface area (Å²) in [4.78, 5) is 12.5. The van der Waals surface area contributed by atoms with E-state index in [9.17, 15) is 13.2 Å². The lowest BCUT2D eigenvalue weighted by Gasteiger charge is -2.18. The van der Waals surface area contributed by atoms with Gasteiger partial charge in [-0.25, -0.2) is 8.42 Å². The topological polar surface area (TPSA) is 84.9 Å². The summed E-state index contributed by atoms with van der Waals surface area (Å²) in [7, 11) is 0.361. The van der Waals surface area contributed by atoms with Gasteiger partial charge in [0.15, 0.2) is 11.5 Å². The Morgan fingerprint density at radius 1 is 0.966 bits per heavy atom.